The average molecular weight is 438 g/mol. The highest BCUT2D eigenvalue weighted by Gasteiger charge is 2.41. The summed E-state index contributed by atoms with van der Waals surface area (Å²) in [6.07, 6.45) is -6.31. The van der Waals surface area contributed by atoms with Gasteiger partial charge in [0.05, 0.1) is 42.0 Å². The first-order chi connectivity index (χ1) is 13.4. The van der Waals surface area contributed by atoms with Crippen LogP contribution < -0.4 is 10.6 Å². The van der Waals surface area contributed by atoms with E-state index in [0.29, 0.717) is 10.6 Å². The summed E-state index contributed by atoms with van der Waals surface area (Å²) >= 11 is 0.925. The summed E-state index contributed by atoms with van der Waals surface area (Å²) < 4.78 is 64.2. The van der Waals surface area contributed by atoms with E-state index in [9.17, 15) is 31.9 Å². The topological polar surface area (TPSA) is 77.5 Å². The van der Waals surface area contributed by atoms with Crippen LogP contribution in [0.3, 0.4) is 0 Å². The van der Waals surface area contributed by atoms with E-state index in [1.54, 1.807) is 13.8 Å². The molecule has 2 aliphatic heterocycles. The minimum absolute atomic E-state index is 0.0784. The summed E-state index contributed by atoms with van der Waals surface area (Å²) in [7, 11) is 0. The Balaban J connectivity index is 1.79. The van der Waals surface area contributed by atoms with Gasteiger partial charge in [-0.2, -0.15) is 13.2 Å². The number of carbonyl (C=O) groups is 1. The molecular formula is C17H19F5N4O2S. The molecule has 1 saturated heterocycles. The van der Waals surface area contributed by atoms with Crippen LogP contribution in [-0.2, 0) is 0 Å². The van der Waals surface area contributed by atoms with Crippen LogP contribution in [-0.4, -0.2) is 64.9 Å². The fourth-order valence-electron chi connectivity index (χ4n) is 3.10. The zero-order chi connectivity index (χ0) is 21.6. The number of likely N-dealkylation sites (tertiary alicyclic amines) is 1. The number of β-amino-alcohol motifs (C(OH)–C–C–N with tert-alkyl or cyclic N) is 1. The van der Waals surface area contributed by atoms with Gasteiger partial charge in [-0.1, -0.05) is 0 Å². The normalized spacial score (nSPS) is 21.4. The highest BCUT2D eigenvalue weighted by Crippen LogP contribution is 2.36. The van der Waals surface area contributed by atoms with Crippen molar-refractivity contribution in [1.82, 2.24) is 20.5 Å². The monoisotopic (exact) mass is 438 g/mol. The first kappa shape index (κ1) is 21.7. The molecule has 0 bridgehead atoms. The van der Waals surface area contributed by atoms with E-state index < -0.39 is 42.4 Å². The lowest BCUT2D eigenvalue weighted by Gasteiger charge is -2.43. The summed E-state index contributed by atoms with van der Waals surface area (Å²) in [5, 5.41) is 14.6. The van der Waals surface area contributed by atoms with Gasteiger partial charge in [0.2, 0.25) is 0 Å². The maximum absolute atomic E-state index is 13.6. The number of amides is 1. The molecule has 29 heavy (non-hydrogen) atoms. The van der Waals surface area contributed by atoms with Crippen LogP contribution in [0.1, 0.15) is 27.3 Å². The SMILES string of the molecule is Cc1nc(C(=O)N2CC(C)(O)C2)sc1C1=CNC(NCC(F)(F)F)C=C1C(F)F. The molecule has 1 atom stereocenters. The van der Waals surface area contributed by atoms with Crippen LogP contribution >= 0.6 is 11.3 Å². The standard InChI is InChI=1S/C17H19F5N4O2S/c1-8-12(29-14(25-8)15(27)26-6-16(2,28)7-26)10-4-23-11(3-9(10)13(18)19)24-5-17(20,21)22/h3-4,11,13,23-24,28H,5-7H2,1-2H3. The van der Waals surface area contributed by atoms with Crippen molar-refractivity contribution in [2.75, 3.05) is 19.6 Å². The highest BCUT2D eigenvalue weighted by atomic mass is 32.1. The van der Waals surface area contributed by atoms with Gasteiger partial charge in [-0.05, 0) is 19.9 Å². The second kappa shape index (κ2) is 7.65. The van der Waals surface area contributed by atoms with Gasteiger partial charge in [-0.25, -0.2) is 13.8 Å². The maximum Gasteiger partial charge on any atom is 0.401 e. The number of nitrogens with zero attached hydrogens (tertiary/aromatic N) is 2. The van der Waals surface area contributed by atoms with Gasteiger partial charge < -0.3 is 15.3 Å². The Morgan fingerprint density at radius 1 is 1.48 bits per heavy atom. The Morgan fingerprint density at radius 2 is 2.14 bits per heavy atom. The molecule has 0 spiro atoms. The number of nitrogens with one attached hydrogen (secondary N) is 2. The van der Waals surface area contributed by atoms with Gasteiger partial charge in [-0.3, -0.25) is 10.1 Å². The summed E-state index contributed by atoms with van der Waals surface area (Å²) in [5.74, 6) is -0.410. The summed E-state index contributed by atoms with van der Waals surface area (Å²) in [5.41, 5.74) is -0.965. The number of hydrogen-bond acceptors (Lipinski definition) is 6. The molecule has 0 saturated carbocycles. The zero-order valence-corrected chi connectivity index (χ0v) is 16.3. The molecule has 1 aromatic heterocycles. The van der Waals surface area contributed by atoms with Gasteiger partial charge in [0.15, 0.2) is 5.01 Å². The van der Waals surface area contributed by atoms with Crippen molar-refractivity contribution in [1.29, 1.82) is 0 Å². The smallest absolute Gasteiger partial charge is 0.386 e. The van der Waals surface area contributed by atoms with Gasteiger partial charge in [-0.15, -0.1) is 11.3 Å². The number of hydrogen-bond donors (Lipinski definition) is 3. The van der Waals surface area contributed by atoms with Gasteiger partial charge in [0.25, 0.3) is 12.3 Å². The molecule has 1 unspecified atom stereocenters. The molecule has 6 nitrogen and oxygen atoms in total. The molecule has 0 radical (unpaired) electrons. The van der Waals surface area contributed by atoms with E-state index in [1.165, 1.54) is 11.1 Å². The highest BCUT2D eigenvalue weighted by molar-refractivity contribution is 7.14. The minimum atomic E-state index is -4.48. The molecule has 1 aromatic rings. The van der Waals surface area contributed by atoms with Crippen molar-refractivity contribution in [3.05, 3.63) is 33.4 Å². The van der Waals surface area contributed by atoms with Gasteiger partial charge in [0.1, 0.15) is 0 Å². The van der Waals surface area contributed by atoms with Crippen LogP contribution in [0.25, 0.3) is 5.57 Å². The van der Waals surface area contributed by atoms with Gasteiger partial charge >= 0.3 is 6.18 Å². The Morgan fingerprint density at radius 3 is 2.69 bits per heavy atom. The summed E-state index contributed by atoms with van der Waals surface area (Å²) in [4.78, 5) is 18.3. The van der Waals surface area contributed by atoms with Crippen LogP contribution in [0.15, 0.2) is 17.8 Å². The molecular weight excluding hydrogens is 419 g/mol. The molecule has 2 aliphatic rings. The lowest BCUT2D eigenvalue weighted by molar-refractivity contribution is -0.125. The third-order valence-electron chi connectivity index (χ3n) is 4.40. The largest absolute Gasteiger partial charge is 0.401 e. The van der Waals surface area contributed by atoms with E-state index in [1.807, 2.05) is 0 Å². The van der Waals surface area contributed by atoms with Crippen molar-refractivity contribution in [2.45, 2.75) is 38.2 Å². The fraction of sp³-hybridized carbons (Fsp3) is 0.529. The molecule has 0 aromatic carbocycles. The number of aliphatic hydroxyl groups is 1. The van der Waals surface area contributed by atoms with E-state index >= 15 is 0 Å². The molecule has 1 amide bonds. The Hall–Kier alpha value is -2.05. The number of carbonyl (C=O) groups excluding carboxylic acids is 1. The van der Waals surface area contributed by atoms with Crippen molar-refractivity contribution < 1.29 is 31.9 Å². The molecule has 3 N–H and O–H groups in total. The van der Waals surface area contributed by atoms with Crippen molar-refractivity contribution in [3.8, 4) is 0 Å². The number of alkyl halides is 5. The van der Waals surface area contributed by atoms with Crippen LogP contribution in [0.4, 0.5) is 22.0 Å². The van der Waals surface area contributed by atoms with E-state index in [2.05, 4.69) is 15.6 Å². The van der Waals surface area contributed by atoms with Crippen molar-refractivity contribution in [2.24, 2.45) is 0 Å². The third-order valence-corrected chi connectivity index (χ3v) is 5.58. The predicted molar refractivity (Wildman–Crippen MR) is 96.4 cm³/mol. The number of dihydropyridines is 1. The molecule has 0 aliphatic carbocycles. The number of halogens is 5. The number of thiazole rings is 1. The predicted octanol–water partition coefficient (Wildman–Crippen LogP) is 2.27. The Labute approximate surface area is 167 Å². The van der Waals surface area contributed by atoms with Crippen LogP contribution in [0.5, 0.6) is 0 Å². The maximum atomic E-state index is 13.6. The minimum Gasteiger partial charge on any atom is -0.386 e. The molecule has 160 valence electrons. The van der Waals surface area contributed by atoms with Crippen LogP contribution in [0, 0.1) is 6.92 Å². The van der Waals surface area contributed by atoms with Crippen molar-refractivity contribution >= 4 is 22.8 Å². The lowest BCUT2D eigenvalue weighted by Crippen LogP contribution is -2.61. The zero-order valence-electron chi connectivity index (χ0n) is 15.5. The summed E-state index contributed by atoms with van der Waals surface area (Å²) in [6.45, 7) is 2.12. The third kappa shape index (κ3) is 4.93. The first-order valence-corrected chi connectivity index (χ1v) is 9.44. The number of rotatable bonds is 5. The van der Waals surface area contributed by atoms with E-state index in [0.717, 1.165) is 17.4 Å². The van der Waals surface area contributed by atoms with Gasteiger partial charge in [0, 0.05) is 17.3 Å². The second-order valence-electron chi connectivity index (χ2n) is 7.21. The number of aromatic nitrogens is 1. The number of aryl methyl sites for hydroxylation is 1. The average Bonchev–Trinajstić information content (AvgIpc) is 2.98. The van der Waals surface area contributed by atoms with E-state index in [4.69, 9.17) is 0 Å². The van der Waals surface area contributed by atoms with E-state index in [-0.39, 0.29) is 23.7 Å². The Bertz CT molecular complexity index is 854. The fourth-order valence-corrected chi connectivity index (χ4v) is 4.17. The molecule has 3 heterocycles. The quantitative estimate of drug-likeness (QED) is 0.615. The molecule has 3 rings (SSSR count). The van der Waals surface area contributed by atoms with Crippen LogP contribution in [0.2, 0.25) is 0 Å². The molecule has 1 fully saturated rings. The Kier molecular flexibility index (Phi) is 5.71. The first-order valence-electron chi connectivity index (χ1n) is 8.62. The lowest BCUT2D eigenvalue weighted by atomic mass is 9.97. The van der Waals surface area contributed by atoms with Crippen molar-refractivity contribution in [3.63, 3.8) is 0 Å². The second-order valence-corrected chi connectivity index (χ2v) is 8.21. The summed E-state index contributed by atoms with van der Waals surface area (Å²) in [6, 6.07) is 0. The number of allylic oxidation sites excluding steroid dienone is 2. The molecule has 12 heteroatoms.